The van der Waals surface area contributed by atoms with Crippen LogP contribution in [0.1, 0.15) is 40.1 Å². The van der Waals surface area contributed by atoms with Crippen LogP contribution in [0.5, 0.6) is 0 Å². The molecule has 4 aromatic rings. The van der Waals surface area contributed by atoms with Crippen molar-refractivity contribution in [1.82, 2.24) is 14.1 Å². The van der Waals surface area contributed by atoms with Gasteiger partial charge in [0.25, 0.3) is 17.2 Å². The van der Waals surface area contributed by atoms with Crippen LogP contribution in [-0.4, -0.2) is 23.4 Å². The first-order valence-electron chi connectivity index (χ1n) is 10.6. The molecule has 0 aliphatic carbocycles. The lowest BCUT2D eigenvalue weighted by molar-refractivity contribution is 0.0940. The van der Waals surface area contributed by atoms with Crippen molar-refractivity contribution in [2.45, 2.75) is 19.4 Å². The van der Waals surface area contributed by atoms with Crippen LogP contribution in [0.15, 0.2) is 71.2 Å². The Morgan fingerprint density at radius 3 is 2.58 bits per heavy atom. The number of hydrogen-bond donors (Lipinski definition) is 2. The molecule has 7 nitrogen and oxygen atoms in total. The van der Waals surface area contributed by atoms with Crippen molar-refractivity contribution in [2.24, 2.45) is 0 Å². The molecule has 0 spiro atoms. The standard InChI is InChI=1S/C24H19BrCl2N4O3S2/c1-14(18-10-8-17(26)13-20(18)27)28-24(32)19-9-7-16(25)12-22(19)31(36(33)34)23-21(29-35-30-23)11-15-5-3-2-4-6-15/h2-10,12-14H,11H2,1H3,(H,28,32)(H,33,34). The van der Waals surface area contributed by atoms with E-state index < -0.39 is 23.2 Å². The van der Waals surface area contributed by atoms with Gasteiger partial charge >= 0.3 is 0 Å². The van der Waals surface area contributed by atoms with E-state index in [1.165, 1.54) is 0 Å². The maximum absolute atomic E-state index is 13.4. The molecule has 36 heavy (non-hydrogen) atoms. The van der Waals surface area contributed by atoms with E-state index in [-0.39, 0.29) is 17.1 Å². The zero-order valence-electron chi connectivity index (χ0n) is 18.7. The number of hydrogen-bond acceptors (Lipinski definition) is 5. The van der Waals surface area contributed by atoms with Crippen molar-refractivity contribution in [2.75, 3.05) is 4.31 Å². The summed E-state index contributed by atoms with van der Waals surface area (Å²) in [5.41, 5.74) is 2.54. The molecule has 2 unspecified atom stereocenters. The molecule has 2 atom stereocenters. The van der Waals surface area contributed by atoms with E-state index in [1.807, 2.05) is 30.3 Å². The van der Waals surface area contributed by atoms with Crippen molar-refractivity contribution < 1.29 is 13.6 Å². The lowest BCUT2D eigenvalue weighted by Crippen LogP contribution is -2.30. The summed E-state index contributed by atoms with van der Waals surface area (Å²) in [4.78, 5) is 13.4. The zero-order chi connectivity index (χ0) is 25.8. The van der Waals surface area contributed by atoms with Crippen LogP contribution in [0.4, 0.5) is 11.5 Å². The van der Waals surface area contributed by atoms with Crippen LogP contribution < -0.4 is 9.62 Å². The Kier molecular flexibility index (Phi) is 8.76. The molecule has 3 aromatic carbocycles. The van der Waals surface area contributed by atoms with Crippen LogP contribution in [0.3, 0.4) is 0 Å². The Morgan fingerprint density at radius 2 is 1.89 bits per heavy atom. The number of carbonyl (C=O) groups excluding carboxylic acids is 1. The van der Waals surface area contributed by atoms with E-state index in [9.17, 15) is 13.6 Å². The van der Waals surface area contributed by atoms with Gasteiger partial charge in [0.1, 0.15) is 5.69 Å². The third kappa shape index (κ3) is 6.13. The third-order valence-corrected chi connectivity index (χ3v) is 7.59. The van der Waals surface area contributed by atoms with Crippen molar-refractivity contribution in [1.29, 1.82) is 0 Å². The number of benzene rings is 3. The predicted molar refractivity (Wildman–Crippen MR) is 149 cm³/mol. The number of amides is 1. The largest absolute Gasteiger partial charge is 0.345 e. The Labute approximate surface area is 233 Å². The second kappa shape index (κ2) is 11.8. The highest BCUT2D eigenvalue weighted by molar-refractivity contribution is 9.10. The molecule has 2 N–H and O–H groups in total. The second-order valence-electron chi connectivity index (χ2n) is 7.74. The minimum atomic E-state index is -2.54. The zero-order valence-corrected chi connectivity index (χ0v) is 23.4. The molecule has 186 valence electrons. The quantitative estimate of drug-likeness (QED) is 0.206. The fourth-order valence-electron chi connectivity index (χ4n) is 3.60. The molecule has 1 heterocycles. The maximum atomic E-state index is 13.4. The van der Waals surface area contributed by atoms with E-state index in [0.717, 1.165) is 21.6 Å². The fourth-order valence-corrected chi connectivity index (χ4v) is 5.73. The summed E-state index contributed by atoms with van der Waals surface area (Å²) in [6.07, 6.45) is 0.405. The molecule has 0 saturated heterocycles. The van der Waals surface area contributed by atoms with E-state index in [2.05, 4.69) is 30.0 Å². The summed E-state index contributed by atoms with van der Waals surface area (Å²) >= 11 is 14.1. The third-order valence-electron chi connectivity index (χ3n) is 5.30. The van der Waals surface area contributed by atoms with Gasteiger partial charge < -0.3 is 5.32 Å². The van der Waals surface area contributed by atoms with Gasteiger partial charge in [-0.05, 0) is 48.4 Å². The first-order valence-corrected chi connectivity index (χ1v) is 13.9. The van der Waals surface area contributed by atoms with E-state index in [1.54, 1.807) is 43.3 Å². The smallest absolute Gasteiger partial charge is 0.268 e. The molecule has 0 saturated carbocycles. The number of halogens is 3. The Balaban J connectivity index is 1.70. The summed E-state index contributed by atoms with van der Waals surface area (Å²) < 4.78 is 33.3. The molecular formula is C24H19BrCl2N4O3S2. The van der Waals surface area contributed by atoms with Crippen molar-refractivity contribution in [3.05, 3.63) is 104 Å². The topological polar surface area (TPSA) is 95.4 Å². The van der Waals surface area contributed by atoms with Crippen LogP contribution in [0.25, 0.3) is 0 Å². The highest BCUT2D eigenvalue weighted by Crippen LogP contribution is 2.35. The molecular weight excluding hydrogens is 607 g/mol. The minimum Gasteiger partial charge on any atom is -0.345 e. The average molecular weight is 626 g/mol. The summed E-state index contributed by atoms with van der Waals surface area (Å²) in [5, 5.41) is 3.81. The van der Waals surface area contributed by atoms with Crippen molar-refractivity contribution in [3.63, 3.8) is 0 Å². The van der Waals surface area contributed by atoms with Crippen LogP contribution in [0, 0.1) is 0 Å². The summed E-state index contributed by atoms with van der Waals surface area (Å²) in [6, 6.07) is 19.0. The SMILES string of the molecule is CC(NC(=O)c1ccc(Br)cc1N(c1nsnc1Cc1ccccc1)S(=O)O)c1ccc(Cl)cc1Cl. The number of nitrogens with zero attached hydrogens (tertiary/aromatic N) is 3. The summed E-state index contributed by atoms with van der Waals surface area (Å²) in [5.74, 6) is -0.259. The number of carbonyl (C=O) groups is 1. The highest BCUT2D eigenvalue weighted by Gasteiger charge is 2.28. The molecule has 1 aromatic heterocycles. The molecule has 0 bridgehead atoms. The van der Waals surface area contributed by atoms with Gasteiger partial charge in [0.2, 0.25) is 0 Å². The van der Waals surface area contributed by atoms with E-state index >= 15 is 0 Å². The van der Waals surface area contributed by atoms with E-state index in [4.69, 9.17) is 23.2 Å². The van der Waals surface area contributed by atoms with Gasteiger partial charge in [-0.25, -0.2) is 8.51 Å². The number of rotatable bonds is 8. The van der Waals surface area contributed by atoms with Crippen molar-refractivity contribution in [3.8, 4) is 0 Å². The predicted octanol–water partition coefficient (Wildman–Crippen LogP) is 6.96. The summed E-state index contributed by atoms with van der Waals surface area (Å²) in [6.45, 7) is 1.79. The molecule has 0 fully saturated rings. The molecule has 4 rings (SSSR count). The molecule has 12 heteroatoms. The van der Waals surface area contributed by atoms with Crippen molar-refractivity contribution >= 4 is 79.5 Å². The molecule has 1 amide bonds. The highest BCUT2D eigenvalue weighted by atomic mass is 79.9. The molecule has 0 aliphatic rings. The first kappa shape index (κ1) is 26.7. The van der Waals surface area contributed by atoms with Gasteiger partial charge in [0.15, 0.2) is 5.82 Å². The first-order chi connectivity index (χ1) is 17.2. The van der Waals surface area contributed by atoms with Gasteiger partial charge in [-0.2, -0.15) is 8.75 Å². The second-order valence-corrected chi connectivity index (χ2v) is 10.9. The maximum Gasteiger partial charge on any atom is 0.268 e. The Morgan fingerprint density at radius 1 is 1.14 bits per heavy atom. The Bertz CT molecular complexity index is 1420. The van der Waals surface area contributed by atoms with Gasteiger partial charge in [0.05, 0.1) is 29.0 Å². The minimum absolute atomic E-state index is 0.177. The summed E-state index contributed by atoms with van der Waals surface area (Å²) in [7, 11) is 0. The average Bonchev–Trinajstić information content (AvgIpc) is 3.27. The number of nitrogens with one attached hydrogen (secondary N) is 1. The van der Waals surface area contributed by atoms with E-state index in [0.29, 0.717) is 32.2 Å². The van der Waals surface area contributed by atoms with Crippen LogP contribution in [0.2, 0.25) is 10.0 Å². The van der Waals surface area contributed by atoms with Gasteiger partial charge in [-0.1, -0.05) is 75.5 Å². The lowest BCUT2D eigenvalue weighted by Gasteiger charge is -2.23. The van der Waals surface area contributed by atoms with Gasteiger partial charge in [0, 0.05) is 20.9 Å². The molecule has 0 radical (unpaired) electrons. The number of aromatic nitrogens is 2. The van der Waals surface area contributed by atoms with Crippen LogP contribution >= 0.6 is 50.9 Å². The fraction of sp³-hybridized carbons (Fsp3) is 0.125. The van der Waals surface area contributed by atoms with Crippen LogP contribution in [-0.2, 0) is 17.7 Å². The number of anilines is 2. The molecule has 0 aliphatic heterocycles. The monoisotopic (exact) mass is 624 g/mol. The lowest BCUT2D eigenvalue weighted by atomic mass is 10.1. The van der Waals surface area contributed by atoms with Gasteiger partial charge in [-0.15, -0.1) is 0 Å². The van der Waals surface area contributed by atoms with Gasteiger partial charge in [-0.3, -0.25) is 9.35 Å². The Hall–Kier alpha value is -2.34. The normalized spacial score (nSPS) is 12.7.